The minimum atomic E-state index is -0.907. The summed E-state index contributed by atoms with van der Waals surface area (Å²) < 4.78 is 1.79. The molecule has 0 fully saturated rings. The summed E-state index contributed by atoms with van der Waals surface area (Å²) in [6.45, 7) is 5.92. The zero-order valence-electron chi connectivity index (χ0n) is 9.40. The van der Waals surface area contributed by atoms with Gasteiger partial charge in [0.15, 0.2) is 0 Å². The van der Waals surface area contributed by atoms with E-state index in [1.807, 2.05) is 20.8 Å². The van der Waals surface area contributed by atoms with Crippen LogP contribution in [0, 0.1) is 0 Å². The van der Waals surface area contributed by atoms with E-state index in [1.54, 1.807) is 11.6 Å². The van der Waals surface area contributed by atoms with E-state index in [2.05, 4.69) is 15.5 Å². The number of nitrogens with zero attached hydrogens (tertiary/aromatic N) is 3. The van der Waals surface area contributed by atoms with E-state index >= 15 is 0 Å². The first-order valence-corrected chi connectivity index (χ1v) is 4.70. The highest BCUT2D eigenvalue weighted by molar-refractivity contribution is 5.69. The lowest BCUT2D eigenvalue weighted by atomic mass is 10.1. The largest absolute Gasteiger partial charge is 0.481 e. The van der Waals surface area contributed by atoms with Crippen LogP contribution in [-0.4, -0.2) is 32.9 Å². The fraction of sp³-hybridized carbons (Fsp3) is 0.667. The Morgan fingerprint density at radius 3 is 2.47 bits per heavy atom. The smallest absolute Gasteiger partial charge is 0.311 e. The molecule has 1 heterocycles. The molecule has 0 amide bonds. The monoisotopic (exact) mass is 212 g/mol. The summed E-state index contributed by atoms with van der Waals surface area (Å²) in [4.78, 5) is 10.6. The van der Waals surface area contributed by atoms with E-state index in [0.29, 0.717) is 11.8 Å². The first-order valence-electron chi connectivity index (χ1n) is 4.70. The number of hydrogen-bond acceptors (Lipinski definition) is 4. The van der Waals surface area contributed by atoms with E-state index in [1.165, 1.54) is 0 Å². The van der Waals surface area contributed by atoms with Crippen LogP contribution in [0.15, 0.2) is 0 Å². The molecule has 84 valence electrons. The molecular formula is C9H16N4O2. The summed E-state index contributed by atoms with van der Waals surface area (Å²) in [5.74, 6) is 0.133. The van der Waals surface area contributed by atoms with Crippen molar-refractivity contribution < 1.29 is 9.90 Å². The van der Waals surface area contributed by atoms with Gasteiger partial charge in [-0.15, -0.1) is 10.2 Å². The topological polar surface area (TPSA) is 80.0 Å². The maximum absolute atomic E-state index is 10.6. The molecule has 1 aromatic heterocycles. The van der Waals surface area contributed by atoms with Crippen LogP contribution in [0.5, 0.6) is 0 Å². The quantitative estimate of drug-likeness (QED) is 0.771. The number of carboxylic acids is 1. The van der Waals surface area contributed by atoms with Crippen LogP contribution in [0.4, 0.5) is 5.95 Å². The second-order valence-corrected chi connectivity index (χ2v) is 4.27. The van der Waals surface area contributed by atoms with Gasteiger partial charge in [0.1, 0.15) is 12.2 Å². The van der Waals surface area contributed by atoms with Crippen LogP contribution in [0.2, 0.25) is 0 Å². The lowest BCUT2D eigenvalue weighted by Crippen LogP contribution is -2.26. The zero-order chi connectivity index (χ0) is 11.6. The van der Waals surface area contributed by atoms with Gasteiger partial charge in [0.2, 0.25) is 5.95 Å². The summed E-state index contributed by atoms with van der Waals surface area (Å²) in [5, 5.41) is 19.4. The zero-order valence-corrected chi connectivity index (χ0v) is 9.40. The van der Waals surface area contributed by atoms with Crippen LogP contribution >= 0.6 is 0 Å². The molecule has 0 saturated heterocycles. The van der Waals surface area contributed by atoms with Crippen molar-refractivity contribution >= 4 is 11.9 Å². The molecule has 2 N–H and O–H groups in total. The number of aromatic nitrogens is 3. The van der Waals surface area contributed by atoms with Gasteiger partial charge in [-0.2, -0.15) is 0 Å². The number of carboxylic acid groups (broad SMARTS) is 1. The van der Waals surface area contributed by atoms with E-state index in [9.17, 15) is 4.79 Å². The predicted molar refractivity (Wildman–Crippen MR) is 55.9 cm³/mol. The van der Waals surface area contributed by atoms with E-state index < -0.39 is 5.97 Å². The van der Waals surface area contributed by atoms with Crippen LogP contribution in [0.1, 0.15) is 26.6 Å². The average molecular weight is 212 g/mol. The van der Waals surface area contributed by atoms with Gasteiger partial charge in [-0.05, 0) is 20.8 Å². The minimum absolute atomic E-state index is 0.119. The van der Waals surface area contributed by atoms with Crippen LogP contribution in [-0.2, 0) is 16.8 Å². The summed E-state index contributed by atoms with van der Waals surface area (Å²) in [7, 11) is 1.73. The predicted octanol–water partition coefficient (Wildman–Crippen LogP) is 0.702. The average Bonchev–Trinajstić information content (AvgIpc) is 2.45. The Kier molecular flexibility index (Phi) is 2.97. The van der Waals surface area contributed by atoms with Gasteiger partial charge >= 0.3 is 5.97 Å². The second-order valence-electron chi connectivity index (χ2n) is 4.27. The second kappa shape index (κ2) is 3.88. The summed E-state index contributed by atoms with van der Waals surface area (Å²) >= 11 is 0. The van der Waals surface area contributed by atoms with Crippen LogP contribution in [0.25, 0.3) is 0 Å². The third-order valence-electron chi connectivity index (χ3n) is 1.93. The lowest BCUT2D eigenvalue weighted by molar-refractivity contribution is -0.136. The lowest BCUT2D eigenvalue weighted by Gasteiger charge is -2.24. The Bertz CT molecular complexity index is 365. The molecule has 0 aliphatic carbocycles. The Labute approximate surface area is 88.3 Å². The highest BCUT2D eigenvalue weighted by atomic mass is 16.4. The molecule has 1 rings (SSSR count). The standard InChI is InChI=1S/C9H16N4O2/c1-9(2,3)13-6(5-7(14)15)11-12-8(13)10-4/h5H2,1-4H3,(H,10,12)(H,14,15). The van der Waals surface area contributed by atoms with E-state index in [0.717, 1.165) is 0 Å². The van der Waals surface area contributed by atoms with Crippen molar-refractivity contribution in [3.8, 4) is 0 Å². The molecule has 0 saturated carbocycles. The molecule has 1 aromatic rings. The molecule has 0 radical (unpaired) electrons. The fourth-order valence-electron chi connectivity index (χ4n) is 1.43. The Morgan fingerprint density at radius 1 is 1.47 bits per heavy atom. The van der Waals surface area contributed by atoms with Crippen molar-refractivity contribution in [2.24, 2.45) is 0 Å². The number of hydrogen-bond donors (Lipinski definition) is 2. The van der Waals surface area contributed by atoms with Crippen molar-refractivity contribution in [1.82, 2.24) is 14.8 Å². The van der Waals surface area contributed by atoms with E-state index in [-0.39, 0.29) is 12.0 Å². The highest BCUT2D eigenvalue weighted by Crippen LogP contribution is 2.21. The molecule has 0 bridgehead atoms. The molecule has 15 heavy (non-hydrogen) atoms. The van der Waals surface area contributed by atoms with Crippen molar-refractivity contribution in [3.05, 3.63) is 5.82 Å². The van der Waals surface area contributed by atoms with Gasteiger partial charge < -0.3 is 10.4 Å². The summed E-state index contributed by atoms with van der Waals surface area (Å²) in [5.41, 5.74) is -0.243. The van der Waals surface area contributed by atoms with Gasteiger partial charge in [-0.3, -0.25) is 9.36 Å². The SMILES string of the molecule is CNc1nnc(CC(=O)O)n1C(C)(C)C. The van der Waals surface area contributed by atoms with Crippen molar-refractivity contribution in [2.45, 2.75) is 32.7 Å². The molecule has 0 atom stereocenters. The first-order chi connectivity index (χ1) is 6.86. The molecule has 0 aliphatic rings. The fourth-order valence-corrected chi connectivity index (χ4v) is 1.43. The third kappa shape index (κ3) is 2.45. The van der Waals surface area contributed by atoms with Gasteiger partial charge in [0.05, 0.1) is 0 Å². The molecular weight excluding hydrogens is 196 g/mol. The van der Waals surface area contributed by atoms with Gasteiger partial charge in [0, 0.05) is 12.6 Å². The number of rotatable bonds is 3. The third-order valence-corrected chi connectivity index (χ3v) is 1.93. The molecule has 0 spiro atoms. The number of anilines is 1. The van der Waals surface area contributed by atoms with Crippen molar-refractivity contribution in [3.63, 3.8) is 0 Å². The summed E-state index contributed by atoms with van der Waals surface area (Å²) in [6.07, 6.45) is -0.119. The summed E-state index contributed by atoms with van der Waals surface area (Å²) in [6, 6.07) is 0. The van der Waals surface area contributed by atoms with Crippen molar-refractivity contribution in [2.75, 3.05) is 12.4 Å². The molecule has 0 unspecified atom stereocenters. The van der Waals surface area contributed by atoms with Gasteiger partial charge in [0.25, 0.3) is 0 Å². The van der Waals surface area contributed by atoms with Crippen LogP contribution < -0.4 is 5.32 Å². The maximum atomic E-state index is 10.6. The van der Waals surface area contributed by atoms with Gasteiger partial charge in [-0.25, -0.2) is 0 Å². The Hall–Kier alpha value is -1.59. The normalized spacial score (nSPS) is 11.5. The number of nitrogens with one attached hydrogen (secondary N) is 1. The van der Waals surface area contributed by atoms with E-state index in [4.69, 9.17) is 5.11 Å². The Balaban J connectivity index is 3.17. The molecule has 0 aliphatic heterocycles. The highest BCUT2D eigenvalue weighted by Gasteiger charge is 2.23. The number of aliphatic carboxylic acids is 1. The Morgan fingerprint density at radius 2 is 2.07 bits per heavy atom. The minimum Gasteiger partial charge on any atom is -0.481 e. The molecule has 0 aromatic carbocycles. The number of carbonyl (C=O) groups is 1. The molecule has 6 nitrogen and oxygen atoms in total. The molecule has 6 heteroatoms. The van der Waals surface area contributed by atoms with Crippen molar-refractivity contribution in [1.29, 1.82) is 0 Å². The maximum Gasteiger partial charge on any atom is 0.311 e. The first kappa shape index (κ1) is 11.5. The van der Waals surface area contributed by atoms with Crippen LogP contribution in [0.3, 0.4) is 0 Å². The van der Waals surface area contributed by atoms with Gasteiger partial charge in [-0.1, -0.05) is 0 Å².